The van der Waals surface area contributed by atoms with Gasteiger partial charge in [-0.2, -0.15) is 13.2 Å². The number of aromatic amines is 1. The second-order valence-electron chi connectivity index (χ2n) is 6.71. The first-order valence-electron chi connectivity index (χ1n) is 8.54. The van der Waals surface area contributed by atoms with Crippen LogP contribution >= 0.6 is 11.6 Å². The SMILES string of the molecule is O=C(Cc1ccc(C(F)(F)F)cc1)N1CCc2[nH]c3ccc(Cl)cc3c2C1. The summed E-state index contributed by atoms with van der Waals surface area (Å²) in [6, 6.07) is 10.4. The minimum Gasteiger partial charge on any atom is -0.358 e. The Kier molecular flexibility index (Phi) is 4.38. The van der Waals surface area contributed by atoms with Crippen LogP contribution in [0.15, 0.2) is 42.5 Å². The van der Waals surface area contributed by atoms with Crippen molar-refractivity contribution < 1.29 is 18.0 Å². The summed E-state index contributed by atoms with van der Waals surface area (Å²) >= 11 is 6.09. The van der Waals surface area contributed by atoms with Crippen LogP contribution in [0.3, 0.4) is 0 Å². The van der Waals surface area contributed by atoms with Gasteiger partial charge in [0.1, 0.15) is 0 Å². The molecule has 0 spiro atoms. The van der Waals surface area contributed by atoms with Crippen molar-refractivity contribution in [2.24, 2.45) is 0 Å². The van der Waals surface area contributed by atoms with Gasteiger partial charge in [-0.05, 0) is 35.9 Å². The van der Waals surface area contributed by atoms with E-state index in [9.17, 15) is 18.0 Å². The standard InChI is InChI=1S/C20H16ClF3N2O/c21-14-5-6-17-15(10-14)16-11-26(8-7-18(16)25-17)19(27)9-12-1-3-13(4-2-12)20(22,23)24/h1-6,10,25H,7-9,11H2. The van der Waals surface area contributed by atoms with Gasteiger partial charge in [0.2, 0.25) is 5.91 Å². The summed E-state index contributed by atoms with van der Waals surface area (Å²) < 4.78 is 38.0. The summed E-state index contributed by atoms with van der Waals surface area (Å²) in [7, 11) is 0. The quantitative estimate of drug-likeness (QED) is 0.657. The fourth-order valence-corrected chi connectivity index (χ4v) is 3.67. The molecule has 27 heavy (non-hydrogen) atoms. The van der Waals surface area contributed by atoms with E-state index in [1.807, 2.05) is 18.2 Å². The summed E-state index contributed by atoms with van der Waals surface area (Å²) in [5.74, 6) is -0.100. The Labute approximate surface area is 158 Å². The smallest absolute Gasteiger partial charge is 0.358 e. The Morgan fingerprint density at radius 1 is 1.15 bits per heavy atom. The fourth-order valence-electron chi connectivity index (χ4n) is 3.50. The van der Waals surface area contributed by atoms with Gasteiger partial charge in [-0.1, -0.05) is 23.7 Å². The zero-order valence-corrected chi connectivity index (χ0v) is 15.0. The maximum Gasteiger partial charge on any atom is 0.416 e. The fraction of sp³-hybridized carbons (Fsp3) is 0.250. The van der Waals surface area contributed by atoms with E-state index in [0.717, 1.165) is 34.3 Å². The number of halogens is 4. The minimum atomic E-state index is -4.37. The molecule has 0 fully saturated rings. The summed E-state index contributed by atoms with van der Waals surface area (Å²) in [6.45, 7) is 1.04. The van der Waals surface area contributed by atoms with Crippen LogP contribution in [-0.4, -0.2) is 22.3 Å². The van der Waals surface area contributed by atoms with Crippen LogP contribution in [0.1, 0.15) is 22.4 Å². The summed E-state index contributed by atoms with van der Waals surface area (Å²) in [4.78, 5) is 17.8. The van der Waals surface area contributed by atoms with Crippen molar-refractivity contribution in [2.45, 2.75) is 25.6 Å². The van der Waals surface area contributed by atoms with E-state index >= 15 is 0 Å². The second-order valence-corrected chi connectivity index (χ2v) is 7.15. The number of carbonyl (C=O) groups is 1. The van der Waals surface area contributed by atoms with Gasteiger partial charge in [0.05, 0.1) is 12.0 Å². The van der Waals surface area contributed by atoms with Crippen LogP contribution in [0.4, 0.5) is 13.2 Å². The molecule has 1 N–H and O–H groups in total. The van der Waals surface area contributed by atoms with E-state index in [2.05, 4.69) is 4.98 Å². The lowest BCUT2D eigenvalue weighted by Gasteiger charge is -2.27. The van der Waals surface area contributed by atoms with Crippen LogP contribution in [0.25, 0.3) is 10.9 Å². The Hall–Kier alpha value is -2.47. The third-order valence-electron chi connectivity index (χ3n) is 4.93. The average Bonchev–Trinajstić information content (AvgIpc) is 2.98. The van der Waals surface area contributed by atoms with Crippen molar-refractivity contribution in [3.63, 3.8) is 0 Å². The van der Waals surface area contributed by atoms with E-state index in [1.165, 1.54) is 12.1 Å². The number of hydrogen-bond donors (Lipinski definition) is 1. The molecule has 0 unspecified atom stereocenters. The molecule has 3 nitrogen and oxygen atoms in total. The lowest BCUT2D eigenvalue weighted by atomic mass is 10.0. The zero-order chi connectivity index (χ0) is 19.2. The number of amides is 1. The molecule has 2 heterocycles. The number of fused-ring (bicyclic) bond motifs is 3. The van der Waals surface area contributed by atoms with Gasteiger partial charge >= 0.3 is 6.18 Å². The number of nitrogens with zero attached hydrogens (tertiary/aromatic N) is 1. The van der Waals surface area contributed by atoms with Crippen LogP contribution < -0.4 is 0 Å². The normalized spacial score (nSPS) is 14.4. The highest BCUT2D eigenvalue weighted by Crippen LogP contribution is 2.31. The number of alkyl halides is 3. The first-order chi connectivity index (χ1) is 12.8. The van der Waals surface area contributed by atoms with Gasteiger partial charge in [0, 0.05) is 46.7 Å². The van der Waals surface area contributed by atoms with Crippen LogP contribution in [0, 0.1) is 0 Å². The molecule has 1 amide bonds. The predicted molar refractivity (Wildman–Crippen MR) is 97.6 cm³/mol. The molecule has 3 aromatic rings. The maximum absolute atomic E-state index is 12.7. The first-order valence-corrected chi connectivity index (χ1v) is 8.92. The van der Waals surface area contributed by atoms with Crippen molar-refractivity contribution in [1.82, 2.24) is 9.88 Å². The highest BCUT2D eigenvalue weighted by Gasteiger charge is 2.30. The van der Waals surface area contributed by atoms with Crippen molar-refractivity contribution in [1.29, 1.82) is 0 Å². The van der Waals surface area contributed by atoms with Crippen LogP contribution in [-0.2, 0) is 30.4 Å². The van der Waals surface area contributed by atoms with Gasteiger partial charge in [-0.15, -0.1) is 0 Å². The molecule has 1 aromatic heterocycles. The van der Waals surface area contributed by atoms with Gasteiger partial charge in [-0.3, -0.25) is 4.79 Å². The molecule has 0 radical (unpaired) electrons. The molecule has 1 aliphatic rings. The molecule has 7 heteroatoms. The highest BCUT2D eigenvalue weighted by atomic mass is 35.5. The molecule has 0 aliphatic carbocycles. The molecule has 2 aromatic carbocycles. The van der Waals surface area contributed by atoms with Gasteiger partial charge < -0.3 is 9.88 Å². The molecule has 1 aliphatic heterocycles. The molecule has 0 atom stereocenters. The molecular weight excluding hydrogens is 377 g/mol. The predicted octanol–water partition coefficient (Wildman–Crippen LogP) is 4.97. The van der Waals surface area contributed by atoms with Crippen molar-refractivity contribution in [3.05, 3.63) is 69.9 Å². The van der Waals surface area contributed by atoms with E-state index in [4.69, 9.17) is 11.6 Å². The van der Waals surface area contributed by atoms with Gasteiger partial charge in [0.15, 0.2) is 0 Å². The van der Waals surface area contributed by atoms with Crippen molar-refractivity contribution in [2.75, 3.05) is 6.54 Å². The Bertz CT molecular complexity index is 1010. The van der Waals surface area contributed by atoms with E-state index in [-0.39, 0.29) is 12.3 Å². The average molecular weight is 393 g/mol. The Morgan fingerprint density at radius 3 is 2.59 bits per heavy atom. The van der Waals surface area contributed by atoms with Crippen molar-refractivity contribution in [3.8, 4) is 0 Å². The maximum atomic E-state index is 12.7. The number of nitrogens with one attached hydrogen (secondary N) is 1. The minimum absolute atomic E-state index is 0.0799. The second kappa shape index (κ2) is 6.60. The van der Waals surface area contributed by atoms with Crippen LogP contribution in [0.2, 0.25) is 5.02 Å². The first kappa shape index (κ1) is 17.9. The number of aromatic nitrogens is 1. The number of benzene rings is 2. The number of rotatable bonds is 2. The number of H-pyrrole nitrogens is 1. The van der Waals surface area contributed by atoms with E-state index < -0.39 is 11.7 Å². The van der Waals surface area contributed by atoms with E-state index in [0.29, 0.717) is 30.1 Å². The topological polar surface area (TPSA) is 36.1 Å². The third kappa shape index (κ3) is 3.54. The van der Waals surface area contributed by atoms with E-state index in [1.54, 1.807) is 4.90 Å². The van der Waals surface area contributed by atoms with Crippen molar-refractivity contribution >= 4 is 28.4 Å². The van der Waals surface area contributed by atoms with Gasteiger partial charge in [0.25, 0.3) is 0 Å². The number of carbonyl (C=O) groups excluding carboxylic acids is 1. The molecule has 4 rings (SSSR count). The Balaban J connectivity index is 1.51. The summed E-state index contributed by atoms with van der Waals surface area (Å²) in [5, 5.41) is 1.64. The molecule has 140 valence electrons. The molecule has 0 bridgehead atoms. The monoisotopic (exact) mass is 392 g/mol. The molecule has 0 saturated carbocycles. The molecular formula is C20H16ClF3N2O. The van der Waals surface area contributed by atoms with Crippen LogP contribution in [0.5, 0.6) is 0 Å². The molecule has 0 saturated heterocycles. The number of hydrogen-bond acceptors (Lipinski definition) is 1. The summed E-state index contributed by atoms with van der Waals surface area (Å²) in [6.07, 6.45) is -3.58. The third-order valence-corrected chi connectivity index (χ3v) is 5.16. The largest absolute Gasteiger partial charge is 0.416 e. The Morgan fingerprint density at radius 2 is 1.89 bits per heavy atom. The zero-order valence-electron chi connectivity index (χ0n) is 14.2. The highest BCUT2D eigenvalue weighted by molar-refractivity contribution is 6.31. The summed E-state index contributed by atoms with van der Waals surface area (Å²) in [5.41, 5.74) is 3.00. The lowest BCUT2D eigenvalue weighted by molar-refractivity contribution is -0.137. The van der Waals surface area contributed by atoms with Gasteiger partial charge in [-0.25, -0.2) is 0 Å². The lowest BCUT2D eigenvalue weighted by Crippen LogP contribution is -2.36.